The number of hydrogen-bond acceptors (Lipinski definition) is 20. The molecule has 20 heteroatoms. The molecule has 20 nitrogen and oxygen atoms in total. The fourth-order valence-corrected chi connectivity index (χ4v) is 14.7. The van der Waals surface area contributed by atoms with Gasteiger partial charge in [0, 0.05) is 49.5 Å². The molecule has 9 rings (SSSR count). The minimum absolute atomic E-state index is 0.00201. The van der Waals surface area contributed by atoms with Gasteiger partial charge < -0.3 is 88.2 Å². The Morgan fingerprint density at radius 1 is 0.710 bits per heavy atom. The molecule has 0 unspecified atom stereocenters. The van der Waals surface area contributed by atoms with Crippen LogP contribution in [0.4, 0.5) is 0 Å². The maximum absolute atomic E-state index is 12.7. The van der Waals surface area contributed by atoms with Crippen LogP contribution in [-0.4, -0.2) is 188 Å². The lowest BCUT2D eigenvalue weighted by atomic mass is 9.43. The molecule has 0 radical (unpaired) electrons. The molecule has 8 fully saturated rings. The summed E-state index contributed by atoms with van der Waals surface area (Å²) in [5.74, 6) is -0.802. The summed E-state index contributed by atoms with van der Waals surface area (Å²) in [6.07, 6.45) is -10.8. The van der Waals surface area contributed by atoms with Gasteiger partial charge in [0.15, 0.2) is 25.2 Å². The van der Waals surface area contributed by atoms with Crippen LogP contribution in [0.5, 0.6) is 0 Å². The van der Waals surface area contributed by atoms with E-state index in [-0.39, 0.29) is 61.6 Å². The number of aliphatic hydroxyl groups excluding tert-OH is 7. The minimum atomic E-state index is -1.69. The predicted molar refractivity (Wildman–Crippen MR) is 235 cm³/mol. The van der Waals surface area contributed by atoms with Gasteiger partial charge in [-0.25, -0.2) is 4.79 Å². The molecule has 8 N–H and O–H groups in total. The van der Waals surface area contributed by atoms with Gasteiger partial charge in [0.05, 0.1) is 54.9 Å². The first kappa shape index (κ1) is 51.9. The van der Waals surface area contributed by atoms with E-state index in [1.54, 1.807) is 19.9 Å². The van der Waals surface area contributed by atoms with E-state index in [4.69, 9.17) is 47.4 Å². The number of carbonyl (C=O) groups excluding carboxylic acids is 2. The Bertz CT molecular complexity index is 1850. The summed E-state index contributed by atoms with van der Waals surface area (Å²) in [7, 11) is 0. The average Bonchev–Trinajstić information content (AvgIpc) is 3.79. The number of aliphatic hydroxyl groups is 8. The highest BCUT2D eigenvalue weighted by atomic mass is 16.8. The zero-order valence-electron chi connectivity index (χ0n) is 40.5. The van der Waals surface area contributed by atoms with Crippen molar-refractivity contribution in [2.75, 3.05) is 13.2 Å². The molecule has 0 aromatic rings. The molecule has 392 valence electrons. The van der Waals surface area contributed by atoms with Crippen LogP contribution in [-0.2, 0) is 57.0 Å². The lowest BCUT2D eigenvalue weighted by molar-refractivity contribution is -0.355. The maximum atomic E-state index is 12.7. The largest absolute Gasteiger partial charge is 0.459 e. The van der Waals surface area contributed by atoms with Gasteiger partial charge in [-0.15, -0.1) is 0 Å². The van der Waals surface area contributed by atoms with Gasteiger partial charge in [-0.3, -0.25) is 4.79 Å². The van der Waals surface area contributed by atoms with Crippen LogP contribution in [0.25, 0.3) is 0 Å². The zero-order chi connectivity index (χ0) is 49.5. The summed E-state index contributed by atoms with van der Waals surface area (Å²) >= 11 is 0. The number of fused-ring (bicyclic) bond motifs is 5. The quantitative estimate of drug-likeness (QED) is 0.104. The van der Waals surface area contributed by atoms with Gasteiger partial charge >= 0.3 is 11.9 Å². The number of rotatable bonds is 11. The van der Waals surface area contributed by atoms with Crippen molar-refractivity contribution < 1.29 is 97.8 Å². The molecule has 0 aromatic carbocycles. The van der Waals surface area contributed by atoms with Crippen molar-refractivity contribution in [3.05, 3.63) is 11.6 Å². The molecular weight excluding hydrogens is 909 g/mol. The molecule has 26 atom stereocenters. The zero-order valence-corrected chi connectivity index (χ0v) is 40.5. The highest BCUT2D eigenvalue weighted by Crippen LogP contribution is 2.70. The Kier molecular flexibility index (Phi) is 15.1. The number of cyclic esters (lactones) is 1. The Labute approximate surface area is 402 Å². The highest BCUT2D eigenvalue weighted by Gasteiger charge is 2.70. The summed E-state index contributed by atoms with van der Waals surface area (Å²) in [6.45, 7) is 10.4. The second-order valence-electron chi connectivity index (χ2n) is 22.2. The van der Waals surface area contributed by atoms with Crippen molar-refractivity contribution in [1.82, 2.24) is 0 Å². The van der Waals surface area contributed by atoms with Crippen molar-refractivity contribution in [2.24, 2.45) is 34.5 Å². The predicted octanol–water partition coefficient (Wildman–Crippen LogP) is 0.613. The molecule has 9 aliphatic rings. The van der Waals surface area contributed by atoms with Crippen LogP contribution in [0.15, 0.2) is 11.6 Å². The van der Waals surface area contributed by atoms with Crippen molar-refractivity contribution in [3.8, 4) is 0 Å². The van der Waals surface area contributed by atoms with Crippen LogP contribution >= 0.6 is 0 Å². The first-order valence-corrected chi connectivity index (χ1v) is 25.3. The lowest BCUT2D eigenvalue weighted by Crippen LogP contribution is -2.62. The van der Waals surface area contributed by atoms with Crippen LogP contribution in [0.3, 0.4) is 0 Å². The number of ether oxygens (including phenoxy) is 10. The van der Waals surface area contributed by atoms with E-state index in [2.05, 4.69) is 13.8 Å². The third-order valence-electron chi connectivity index (χ3n) is 18.2. The maximum Gasteiger partial charge on any atom is 0.334 e. The number of carbonyl (C=O) groups is 2. The SMILES string of the molecule is CC(=O)O[C@H]1C[C@H](O[C@H]2[C@@H](O)C[C@H](O[C@H]3[C@@H](O)C[C@H](O[C@H]4CC[C@@]5(C)[C@H](CC[C@@H]6[C@@H]5CC[C@]5(C)[C@H](C7=CCOC7=O)[C@@H](O)C[C@]65O)C4)O[C@@H]3C)O[C@@H]2C)O[C@H](C)[C@H]1O[C@@H]1O[C@H](CO)[C@@H](O)[C@H](O)[C@H]1O. The molecule has 5 heterocycles. The molecular formula is C49H76O20. The third kappa shape index (κ3) is 9.48. The smallest absolute Gasteiger partial charge is 0.334 e. The Morgan fingerprint density at radius 2 is 1.33 bits per heavy atom. The Hall–Kier alpha value is -1.96. The standard InChI is InChI=1S/C49H76O20/c1-21-42(67-36-17-31(53)43(22(2)62-36)68-37-18-33(64-24(4)51)44(23(3)63-37)69-46-41(57)40(56)39(55)34(20-50)66-46)30(52)16-35(61-21)65-26-9-12-47(5)25(15-26)7-8-29-28(47)10-13-48(6)38(27-11-14-60-45(27)58)32(54)19-49(29,48)59/h11,21-23,25-26,28-44,46,50,52-57,59H,7-10,12-20H2,1-6H3/t21-,22-,23-,25-,26+,28+,29-,30+,31+,32+,33+,34-,35+,36+,37+,38-,39-,40+,41-,42-,43-,44-,46+,47+,48-,49+/m1/s1. The summed E-state index contributed by atoms with van der Waals surface area (Å²) < 4.78 is 60.1. The van der Waals surface area contributed by atoms with Gasteiger partial charge in [0.2, 0.25) is 0 Å². The molecule has 4 saturated heterocycles. The molecule has 0 spiro atoms. The van der Waals surface area contributed by atoms with E-state index < -0.39 is 140 Å². The van der Waals surface area contributed by atoms with E-state index in [1.807, 2.05) is 6.92 Å². The summed E-state index contributed by atoms with van der Waals surface area (Å²) in [4.78, 5) is 24.8. The van der Waals surface area contributed by atoms with E-state index >= 15 is 0 Å². The van der Waals surface area contributed by atoms with E-state index in [0.717, 1.165) is 44.9 Å². The van der Waals surface area contributed by atoms with Crippen LogP contribution < -0.4 is 0 Å². The first-order valence-electron chi connectivity index (χ1n) is 25.3. The van der Waals surface area contributed by atoms with Gasteiger partial charge in [-0.05, 0) is 95.0 Å². The topological polar surface area (TPSA) is 288 Å². The van der Waals surface area contributed by atoms with Crippen LogP contribution in [0, 0.1) is 34.5 Å². The second-order valence-corrected chi connectivity index (χ2v) is 22.2. The van der Waals surface area contributed by atoms with Gasteiger partial charge in [0.1, 0.15) is 55.4 Å². The van der Waals surface area contributed by atoms with Crippen molar-refractivity contribution in [1.29, 1.82) is 0 Å². The third-order valence-corrected chi connectivity index (χ3v) is 18.2. The fourth-order valence-electron chi connectivity index (χ4n) is 14.7. The summed E-state index contributed by atoms with van der Waals surface area (Å²) in [5, 5.41) is 87.5. The highest BCUT2D eigenvalue weighted by molar-refractivity contribution is 5.91. The Morgan fingerprint density at radius 3 is 1.93 bits per heavy atom. The Balaban J connectivity index is 0.750. The molecule has 0 aromatic heterocycles. The number of esters is 2. The van der Waals surface area contributed by atoms with E-state index in [9.17, 15) is 50.4 Å². The van der Waals surface area contributed by atoms with E-state index in [1.165, 1.54) is 6.92 Å². The number of hydrogen-bond donors (Lipinski definition) is 8. The van der Waals surface area contributed by atoms with Crippen LogP contribution in [0.2, 0.25) is 0 Å². The minimum Gasteiger partial charge on any atom is -0.459 e. The molecule has 69 heavy (non-hydrogen) atoms. The second kappa shape index (κ2) is 20.0. The normalized spacial score (nSPS) is 53.3. The average molecular weight is 985 g/mol. The van der Waals surface area contributed by atoms with Crippen molar-refractivity contribution in [2.45, 2.75) is 234 Å². The van der Waals surface area contributed by atoms with Gasteiger partial charge in [-0.2, -0.15) is 0 Å². The van der Waals surface area contributed by atoms with Gasteiger partial charge in [0.25, 0.3) is 0 Å². The summed E-state index contributed by atoms with van der Waals surface area (Å²) in [5.41, 5.74) is -1.22. The molecule has 0 amide bonds. The molecule has 5 aliphatic heterocycles. The van der Waals surface area contributed by atoms with Gasteiger partial charge in [-0.1, -0.05) is 13.8 Å². The summed E-state index contributed by atoms with van der Waals surface area (Å²) in [6, 6.07) is 0. The van der Waals surface area contributed by atoms with E-state index in [0.29, 0.717) is 11.5 Å². The van der Waals surface area contributed by atoms with Crippen LogP contribution in [0.1, 0.15) is 112 Å². The lowest BCUT2D eigenvalue weighted by Gasteiger charge is -2.63. The molecule has 0 bridgehead atoms. The van der Waals surface area contributed by atoms with Crippen molar-refractivity contribution in [3.63, 3.8) is 0 Å². The first-order chi connectivity index (χ1) is 32.6. The van der Waals surface area contributed by atoms with Crippen molar-refractivity contribution >= 4 is 11.9 Å². The monoisotopic (exact) mass is 984 g/mol. The molecule has 4 aliphatic carbocycles. The molecule has 4 saturated carbocycles. The fraction of sp³-hybridized carbons (Fsp3) is 0.918.